The molecule has 0 aliphatic rings. The van der Waals surface area contributed by atoms with Gasteiger partial charge in [-0.05, 0) is 39.5 Å². The van der Waals surface area contributed by atoms with Crippen LogP contribution in [-0.4, -0.2) is 22.6 Å². The van der Waals surface area contributed by atoms with Crippen molar-refractivity contribution in [3.63, 3.8) is 0 Å². The summed E-state index contributed by atoms with van der Waals surface area (Å²) in [5.41, 5.74) is -0.569. The summed E-state index contributed by atoms with van der Waals surface area (Å²) in [6.07, 6.45) is 4.71. The number of carbonyl (C=O) groups excluding carboxylic acids is 1. The zero-order chi connectivity index (χ0) is 14.2. The Kier molecular flexibility index (Phi) is 7.32. The van der Waals surface area contributed by atoms with E-state index >= 15 is 0 Å². The van der Waals surface area contributed by atoms with Crippen LogP contribution in [-0.2, 0) is 14.3 Å². The molecule has 0 radical (unpaired) electrons. The monoisotopic (exact) mass is 256 g/mol. The van der Waals surface area contributed by atoms with Crippen molar-refractivity contribution in [1.82, 2.24) is 0 Å². The number of rotatable bonds is 9. The molecule has 0 aliphatic carbocycles. The third-order valence-electron chi connectivity index (χ3n) is 2.86. The quantitative estimate of drug-likeness (QED) is 0.508. The van der Waals surface area contributed by atoms with Gasteiger partial charge in [-0.2, -0.15) is 0 Å². The van der Waals surface area contributed by atoms with Gasteiger partial charge in [0.2, 0.25) is 0 Å². The van der Waals surface area contributed by atoms with E-state index in [1.165, 1.54) is 0 Å². The van der Waals surface area contributed by atoms with Gasteiger partial charge in [0.15, 0.2) is 0 Å². The number of carboxylic acids is 1. The number of esters is 1. The first-order valence-electron chi connectivity index (χ1n) is 6.40. The van der Waals surface area contributed by atoms with Gasteiger partial charge in [-0.15, -0.1) is 0 Å². The SMILES string of the molecule is C=CC(=O)OC(C)(C)CCCC(CCC)C(=O)O. The first kappa shape index (κ1) is 16.7. The lowest BCUT2D eigenvalue weighted by Gasteiger charge is -2.25. The van der Waals surface area contributed by atoms with Crippen molar-refractivity contribution in [3.05, 3.63) is 12.7 Å². The van der Waals surface area contributed by atoms with E-state index < -0.39 is 17.5 Å². The van der Waals surface area contributed by atoms with Gasteiger partial charge in [0.25, 0.3) is 0 Å². The molecule has 0 heterocycles. The highest BCUT2D eigenvalue weighted by atomic mass is 16.6. The van der Waals surface area contributed by atoms with Gasteiger partial charge in [-0.1, -0.05) is 19.9 Å². The summed E-state index contributed by atoms with van der Waals surface area (Å²) in [5.74, 6) is -1.47. The number of aliphatic carboxylic acids is 1. The molecule has 4 heteroatoms. The molecule has 4 nitrogen and oxygen atoms in total. The average molecular weight is 256 g/mol. The third-order valence-corrected chi connectivity index (χ3v) is 2.86. The molecule has 0 aromatic heterocycles. The number of ether oxygens (including phenoxy) is 1. The fraction of sp³-hybridized carbons (Fsp3) is 0.714. The topological polar surface area (TPSA) is 63.6 Å². The Bertz CT molecular complexity index is 294. The molecule has 1 unspecified atom stereocenters. The van der Waals surface area contributed by atoms with Gasteiger partial charge in [-0.25, -0.2) is 4.79 Å². The van der Waals surface area contributed by atoms with E-state index in [1.54, 1.807) is 0 Å². The molecule has 0 saturated heterocycles. The van der Waals surface area contributed by atoms with E-state index in [2.05, 4.69) is 6.58 Å². The summed E-state index contributed by atoms with van der Waals surface area (Å²) in [4.78, 5) is 22.1. The van der Waals surface area contributed by atoms with E-state index in [4.69, 9.17) is 9.84 Å². The maximum absolute atomic E-state index is 11.1. The predicted molar refractivity (Wildman–Crippen MR) is 70.3 cm³/mol. The van der Waals surface area contributed by atoms with Crippen LogP contribution in [0.1, 0.15) is 52.9 Å². The molecule has 1 atom stereocenters. The third kappa shape index (κ3) is 7.09. The zero-order valence-corrected chi connectivity index (χ0v) is 11.6. The van der Waals surface area contributed by atoms with Gasteiger partial charge in [0.1, 0.15) is 5.60 Å². The lowest BCUT2D eigenvalue weighted by molar-refractivity contribution is -0.151. The zero-order valence-electron chi connectivity index (χ0n) is 11.6. The molecule has 0 spiro atoms. The Morgan fingerprint density at radius 3 is 2.44 bits per heavy atom. The van der Waals surface area contributed by atoms with Crippen molar-refractivity contribution in [2.45, 2.75) is 58.5 Å². The van der Waals surface area contributed by atoms with Gasteiger partial charge in [0.05, 0.1) is 5.92 Å². The lowest BCUT2D eigenvalue weighted by Crippen LogP contribution is -2.27. The standard InChI is InChI=1S/C14H24O4/c1-5-8-11(13(16)17)9-7-10-14(3,4)18-12(15)6-2/h6,11H,2,5,7-10H2,1,3-4H3,(H,16,17). The van der Waals surface area contributed by atoms with Gasteiger partial charge in [-0.3, -0.25) is 4.79 Å². The summed E-state index contributed by atoms with van der Waals surface area (Å²) >= 11 is 0. The molecular weight excluding hydrogens is 232 g/mol. The van der Waals surface area contributed by atoms with Crippen molar-refractivity contribution in [2.75, 3.05) is 0 Å². The van der Waals surface area contributed by atoms with E-state index in [0.717, 1.165) is 18.9 Å². The van der Waals surface area contributed by atoms with Crippen LogP contribution in [0.15, 0.2) is 12.7 Å². The second kappa shape index (κ2) is 7.90. The molecule has 0 bridgehead atoms. The average Bonchev–Trinajstić information content (AvgIpc) is 2.26. The van der Waals surface area contributed by atoms with Crippen molar-refractivity contribution in [3.8, 4) is 0 Å². The summed E-state index contributed by atoms with van der Waals surface area (Å²) < 4.78 is 5.18. The van der Waals surface area contributed by atoms with Crippen molar-refractivity contribution in [1.29, 1.82) is 0 Å². The van der Waals surface area contributed by atoms with E-state index in [-0.39, 0.29) is 5.92 Å². The van der Waals surface area contributed by atoms with Gasteiger partial charge >= 0.3 is 11.9 Å². The van der Waals surface area contributed by atoms with Crippen LogP contribution in [0.3, 0.4) is 0 Å². The minimum Gasteiger partial charge on any atom is -0.481 e. The highest BCUT2D eigenvalue weighted by Crippen LogP contribution is 2.22. The van der Waals surface area contributed by atoms with Crippen molar-refractivity contribution in [2.24, 2.45) is 5.92 Å². The first-order chi connectivity index (χ1) is 8.32. The van der Waals surface area contributed by atoms with Crippen molar-refractivity contribution >= 4 is 11.9 Å². The second-order valence-corrected chi connectivity index (χ2v) is 5.10. The molecule has 0 rings (SSSR count). The maximum Gasteiger partial charge on any atom is 0.330 e. The Labute approximate surface area is 109 Å². The molecule has 0 aromatic rings. The molecule has 0 amide bonds. The normalized spacial score (nSPS) is 12.8. The summed E-state index contributed by atoms with van der Waals surface area (Å²) in [6.45, 7) is 8.97. The fourth-order valence-corrected chi connectivity index (χ4v) is 1.88. The Hall–Kier alpha value is -1.32. The highest BCUT2D eigenvalue weighted by molar-refractivity contribution is 5.81. The smallest absolute Gasteiger partial charge is 0.330 e. The highest BCUT2D eigenvalue weighted by Gasteiger charge is 2.23. The maximum atomic E-state index is 11.1. The van der Waals surface area contributed by atoms with Crippen molar-refractivity contribution < 1.29 is 19.4 Å². The summed E-state index contributed by atoms with van der Waals surface area (Å²) in [6, 6.07) is 0. The molecular formula is C14H24O4. The molecule has 1 N–H and O–H groups in total. The van der Waals surface area contributed by atoms with E-state index in [1.807, 2.05) is 20.8 Å². The molecule has 0 aliphatic heterocycles. The van der Waals surface area contributed by atoms with Crippen LogP contribution in [0, 0.1) is 5.92 Å². The van der Waals surface area contributed by atoms with Crippen LogP contribution in [0.25, 0.3) is 0 Å². The predicted octanol–water partition coefficient (Wildman–Crippen LogP) is 3.17. The van der Waals surface area contributed by atoms with Crippen LogP contribution >= 0.6 is 0 Å². The Balaban J connectivity index is 4.10. The summed E-state index contributed by atoms with van der Waals surface area (Å²) in [7, 11) is 0. The molecule has 0 fully saturated rings. The van der Waals surface area contributed by atoms with Gasteiger partial charge in [0, 0.05) is 6.08 Å². The number of hydrogen-bond donors (Lipinski definition) is 1. The van der Waals surface area contributed by atoms with Crippen LogP contribution in [0.5, 0.6) is 0 Å². The van der Waals surface area contributed by atoms with Gasteiger partial charge < -0.3 is 9.84 Å². The Morgan fingerprint density at radius 2 is 2.00 bits per heavy atom. The minimum atomic E-state index is -0.738. The summed E-state index contributed by atoms with van der Waals surface area (Å²) in [5, 5.41) is 9.02. The Morgan fingerprint density at radius 1 is 1.39 bits per heavy atom. The molecule has 104 valence electrons. The molecule has 18 heavy (non-hydrogen) atoms. The minimum absolute atomic E-state index is 0.291. The fourth-order valence-electron chi connectivity index (χ4n) is 1.88. The molecule has 0 saturated carbocycles. The van der Waals surface area contributed by atoms with Crippen LogP contribution in [0.4, 0.5) is 0 Å². The second-order valence-electron chi connectivity index (χ2n) is 5.10. The number of carbonyl (C=O) groups is 2. The van der Waals surface area contributed by atoms with Crippen LogP contribution < -0.4 is 0 Å². The van der Waals surface area contributed by atoms with E-state index in [0.29, 0.717) is 19.3 Å². The molecule has 0 aromatic carbocycles. The largest absolute Gasteiger partial charge is 0.481 e. The van der Waals surface area contributed by atoms with E-state index in [9.17, 15) is 9.59 Å². The lowest BCUT2D eigenvalue weighted by atomic mass is 9.93. The number of hydrogen-bond acceptors (Lipinski definition) is 3. The van der Waals surface area contributed by atoms with Crippen LogP contribution in [0.2, 0.25) is 0 Å². The first-order valence-corrected chi connectivity index (χ1v) is 6.40. The number of carboxylic acid groups (broad SMARTS) is 1.